The van der Waals surface area contributed by atoms with Crippen molar-refractivity contribution < 1.29 is 4.79 Å². The first kappa shape index (κ1) is 20.7. The van der Waals surface area contributed by atoms with Gasteiger partial charge in [-0.3, -0.25) is 9.97 Å². The van der Waals surface area contributed by atoms with Gasteiger partial charge >= 0.3 is 6.03 Å². The number of carbonyl (C=O) groups excluding carboxylic acids is 1. The van der Waals surface area contributed by atoms with Gasteiger partial charge in [0.25, 0.3) is 0 Å². The van der Waals surface area contributed by atoms with Gasteiger partial charge in [0, 0.05) is 53.3 Å². The van der Waals surface area contributed by atoms with E-state index in [-0.39, 0.29) is 6.03 Å². The van der Waals surface area contributed by atoms with Crippen LogP contribution in [-0.2, 0) is 0 Å². The lowest BCUT2D eigenvalue weighted by molar-refractivity contribution is 0.262. The lowest BCUT2D eigenvalue weighted by Crippen LogP contribution is -2.44. The second-order valence-corrected chi connectivity index (χ2v) is 8.79. The smallest absolute Gasteiger partial charge is 0.323 e. The van der Waals surface area contributed by atoms with Gasteiger partial charge in [-0.1, -0.05) is 18.2 Å². The minimum Gasteiger partial charge on any atom is -0.368 e. The summed E-state index contributed by atoms with van der Waals surface area (Å²) < 4.78 is 0.884. The molecule has 1 fully saturated rings. The molecule has 0 spiro atoms. The van der Waals surface area contributed by atoms with E-state index in [4.69, 9.17) is 0 Å². The highest BCUT2D eigenvalue weighted by molar-refractivity contribution is 9.10. The number of piperazine rings is 1. The van der Waals surface area contributed by atoms with Crippen molar-refractivity contribution >= 4 is 60.8 Å². The zero-order valence-electron chi connectivity index (χ0n) is 17.7. The van der Waals surface area contributed by atoms with Crippen LogP contribution < -0.4 is 15.5 Å². The lowest BCUT2D eigenvalue weighted by Gasteiger charge is -2.34. The van der Waals surface area contributed by atoms with Crippen LogP contribution in [0.25, 0.3) is 21.8 Å². The van der Waals surface area contributed by atoms with Crippen LogP contribution in [0.5, 0.6) is 0 Å². The van der Waals surface area contributed by atoms with Crippen LogP contribution in [0.2, 0.25) is 0 Å². The van der Waals surface area contributed by atoms with Crippen molar-refractivity contribution in [1.82, 2.24) is 14.9 Å². The van der Waals surface area contributed by atoms with Crippen LogP contribution in [0.15, 0.2) is 65.4 Å². The minimum atomic E-state index is -0.323. The first-order valence-electron chi connectivity index (χ1n) is 10.5. The van der Waals surface area contributed by atoms with Crippen LogP contribution in [0, 0.1) is 0 Å². The van der Waals surface area contributed by atoms with Gasteiger partial charge in [-0.15, -0.1) is 0 Å². The average molecular weight is 491 g/mol. The standard InChI is InChI=1S/C24H23BrN6O/c1-30-10-12-31(13-11-30)22-7-3-6-20-18(22)14-16(15-27-20)28-24(32)29-21-8-9-26-23-17(21)4-2-5-19(23)25/h2-9,14-15H,10-13H2,1H3,(H2,26,28,29,32). The predicted molar refractivity (Wildman–Crippen MR) is 134 cm³/mol. The molecule has 0 aliphatic carbocycles. The normalized spacial score (nSPS) is 14.6. The molecule has 0 atom stereocenters. The SMILES string of the molecule is CN1CCN(c2cccc3ncc(NC(=O)Nc4ccnc5c(Br)cccc45)cc23)CC1. The Morgan fingerprint density at radius 1 is 0.969 bits per heavy atom. The summed E-state index contributed by atoms with van der Waals surface area (Å²) in [6.45, 7) is 4.00. The number of aromatic nitrogens is 2. The number of halogens is 1. The van der Waals surface area contributed by atoms with Gasteiger partial charge < -0.3 is 20.4 Å². The van der Waals surface area contributed by atoms with E-state index in [2.05, 4.69) is 59.4 Å². The maximum Gasteiger partial charge on any atom is 0.323 e. The third kappa shape index (κ3) is 4.11. The molecular formula is C24H23BrN6O. The second-order valence-electron chi connectivity index (χ2n) is 7.93. The van der Waals surface area contributed by atoms with E-state index in [1.54, 1.807) is 18.5 Å². The molecule has 2 aromatic heterocycles. The number of likely N-dealkylation sites (N-methyl/N-ethyl adjacent to an activating group) is 1. The van der Waals surface area contributed by atoms with Crippen LogP contribution in [0.4, 0.5) is 21.9 Å². The Balaban J connectivity index is 1.39. The molecule has 2 N–H and O–H groups in total. The summed E-state index contributed by atoms with van der Waals surface area (Å²) in [6, 6.07) is 15.4. The molecular weight excluding hydrogens is 468 g/mol. The molecule has 0 saturated carbocycles. The fourth-order valence-electron chi connectivity index (χ4n) is 4.06. The van der Waals surface area contributed by atoms with Crippen LogP contribution in [0.1, 0.15) is 0 Å². The quantitative estimate of drug-likeness (QED) is 0.425. The van der Waals surface area contributed by atoms with Gasteiger partial charge in [0.15, 0.2) is 0 Å². The van der Waals surface area contributed by atoms with Gasteiger partial charge in [0.2, 0.25) is 0 Å². The lowest BCUT2D eigenvalue weighted by atomic mass is 10.1. The third-order valence-corrected chi connectivity index (χ3v) is 6.41. The molecule has 1 aliphatic heterocycles. The van der Waals surface area contributed by atoms with E-state index in [1.807, 2.05) is 36.4 Å². The van der Waals surface area contributed by atoms with Gasteiger partial charge in [-0.2, -0.15) is 0 Å². The zero-order chi connectivity index (χ0) is 22.1. The summed E-state index contributed by atoms with van der Waals surface area (Å²) in [5.41, 5.74) is 4.21. The number of carbonyl (C=O) groups is 1. The maximum absolute atomic E-state index is 12.8. The number of nitrogens with zero attached hydrogens (tertiary/aromatic N) is 4. The highest BCUT2D eigenvalue weighted by Gasteiger charge is 2.17. The van der Waals surface area contributed by atoms with Crippen molar-refractivity contribution in [2.24, 2.45) is 0 Å². The summed E-state index contributed by atoms with van der Waals surface area (Å²) >= 11 is 3.51. The molecule has 7 nitrogen and oxygen atoms in total. The Morgan fingerprint density at radius 2 is 1.78 bits per heavy atom. The van der Waals surface area contributed by atoms with Crippen LogP contribution in [-0.4, -0.2) is 54.1 Å². The van der Waals surface area contributed by atoms with E-state index in [0.717, 1.165) is 58.1 Å². The van der Waals surface area contributed by atoms with Crippen molar-refractivity contribution in [1.29, 1.82) is 0 Å². The number of benzene rings is 2. The van der Waals surface area contributed by atoms with E-state index >= 15 is 0 Å². The summed E-state index contributed by atoms with van der Waals surface area (Å²) in [5.74, 6) is 0. The van der Waals surface area contributed by atoms with E-state index < -0.39 is 0 Å². The Kier molecular flexibility index (Phi) is 5.63. The molecule has 2 aromatic carbocycles. The van der Waals surface area contributed by atoms with Gasteiger partial charge in [-0.05, 0) is 53.3 Å². The topological polar surface area (TPSA) is 73.4 Å². The van der Waals surface area contributed by atoms with E-state index in [9.17, 15) is 4.79 Å². The number of nitrogens with one attached hydrogen (secondary N) is 2. The van der Waals surface area contributed by atoms with Gasteiger partial charge in [0.1, 0.15) is 0 Å². The maximum atomic E-state index is 12.8. The molecule has 0 unspecified atom stereocenters. The third-order valence-electron chi connectivity index (χ3n) is 5.77. The fraction of sp³-hybridized carbons (Fsp3) is 0.208. The number of amides is 2. The predicted octanol–water partition coefficient (Wildman–Crippen LogP) is 4.94. The average Bonchev–Trinajstić information content (AvgIpc) is 2.80. The monoisotopic (exact) mass is 490 g/mol. The number of rotatable bonds is 3. The summed E-state index contributed by atoms with van der Waals surface area (Å²) in [4.78, 5) is 26.5. The highest BCUT2D eigenvalue weighted by Crippen LogP contribution is 2.30. The molecule has 4 aromatic rings. The first-order valence-corrected chi connectivity index (χ1v) is 11.3. The number of hydrogen-bond donors (Lipinski definition) is 2. The van der Waals surface area contributed by atoms with Crippen molar-refractivity contribution in [2.45, 2.75) is 0 Å². The Labute approximate surface area is 194 Å². The largest absolute Gasteiger partial charge is 0.368 e. The highest BCUT2D eigenvalue weighted by atomic mass is 79.9. The molecule has 0 radical (unpaired) electrons. The molecule has 32 heavy (non-hydrogen) atoms. The first-order chi connectivity index (χ1) is 15.6. The molecule has 1 aliphatic rings. The Bertz CT molecular complexity index is 1300. The number of pyridine rings is 2. The van der Waals surface area contributed by atoms with Crippen molar-refractivity contribution in [3.63, 3.8) is 0 Å². The summed E-state index contributed by atoms with van der Waals surface area (Å²) in [5, 5.41) is 7.77. The molecule has 3 heterocycles. The Hall–Kier alpha value is -3.23. The van der Waals surface area contributed by atoms with E-state index in [0.29, 0.717) is 11.4 Å². The number of hydrogen-bond acceptors (Lipinski definition) is 5. The van der Waals surface area contributed by atoms with Gasteiger partial charge in [-0.25, -0.2) is 4.79 Å². The summed E-state index contributed by atoms with van der Waals surface area (Å²) in [7, 11) is 2.15. The van der Waals surface area contributed by atoms with Gasteiger partial charge in [0.05, 0.1) is 28.6 Å². The summed E-state index contributed by atoms with van der Waals surface area (Å²) in [6.07, 6.45) is 3.37. The number of urea groups is 1. The van der Waals surface area contributed by atoms with Crippen molar-refractivity contribution in [3.8, 4) is 0 Å². The molecule has 8 heteroatoms. The second kappa shape index (κ2) is 8.72. The molecule has 0 bridgehead atoms. The van der Waals surface area contributed by atoms with Crippen LogP contribution in [0.3, 0.4) is 0 Å². The fourth-order valence-corrected chi connectivity index (χ4v) is 4.53. The minimum absolute atomic E-state index is 0.323. The molecule has 1 saturated heterocycles. The molecule has 2 amide bonds. The Morgan fingerprint density at radius 3 is 2.62 bits per heavy atom. The molecule has 162 valence electrons. The molecule has 5 rings (SSSR count). The van der Waals surface area contributed by atoms with E-state index in [1.165, 1.54) is 0 Å². The number of anilines is 3. The van der Waals surface area contributed by atoms with Crippen LogP contribution >= 0.6 is 15.9 Å². The number of fused-ring (bicyclic) bond motifs is 2. The zero-order valence-corrected chi connectivity index (χ0v) is 19.3. The van der Waals surface area contributed by atoms with Crippen molar-refractivity contribution in [2.75, 3.05) is 48.8 Å². The van der Waals surface area contributed by atoms with Crippen molar-refractivity contribution in [3.05, 3.63) is 65.4 Å². The number of para-hydroxylation sites is 1.